The van der Waals surface area contributed by atoms with Gasteiger partial charge in [0.1, 0.15) is 11.4 Å². The lowest BCUT2D eigenvalue weighted by Gasteiger charge is -2.11. The highest BCUT2D eigenvalue weighted by Gasteiger charge is 2.08. The maximum Gasteiger partial charge on any atom is 0.264 e. The predicted molar refractivity (Wildman–Crippen MR) is 128 cm³/mol. The standard InChI is InChI=1S/C25H22ClNO4S/c1-18(2)24-16-19(5-13-25(24)31-14-3-15-32(28,29)30)4-11-23-12-8-21(17-27-23)20-6-9-22(26)10-7-20/h5-10,12-13,16-17H,1,3,14-15H2,2H3,(H,28,29,30). The average molecular weight is 468 g/mol. The summed E-state index contributed by atoms with van der Waals surface area (Å²) in [5, 5.41) is 0.688. The minimum absolute atomic E-state index is 0.162. The molecule has 3 aromatic rings. The summed E-state index contributed by atoms with van der Waals surface area (Å²) in [6, 6.07) is 16.9. The molecular weight excluding hydrogens is 446 g/mol. The second kappa shape index (κ2) is 10.5. The molecule has 7 heteroatoms. The first-order valence-corrected chi connectivity index (χ1v) is 11.8. The van der Waals surface area contributed by atoms with E-state index in [0.717, 1.165) is 27.8 Å². The van der Waals surface area contributed by atoms with Crippen LogP contribution in [0.4, 0.5) is 0 Å². The normalized spacial score (nSPS) is 10.8. The van der Waals surface area contributed by atoms with E-state index in [1.807, 2.05) is 55.5 Å². The summed E-state index contributed by atoms with van der Waals surface area (Å²) >= 11 is 5.93. The summed E-state index contributed by atoms with van der Waals surface area (Å²) in [5.41, 5.74) is 5.01. The fraction of sp³-hybridized carbons (Fsp3) is 0.160. The van der Waals surface area contributed by atoms with Crippen LogP contribution >= 0.6 is 11.6 Å². The third kappa shape index (κ3) is 6.96. The monoisotopic (exact) mass is 467 g/mol. The molecular formula is C25H22ClNO4S. The van der Waals surface area contributed by atoms with E-state index in [-0.39, 0.29) is 18.8 Å². The van der Waals surface area contributed by atoms with Gasteiger partial charge >= 0.3 is 0 Å². The molecule has 0 bridgehead atoms. The Hall–Kier alpha value is -3.11. The van der Waals surface area contributed by atoms with Crippen molar-refractivity contribution in [2.45, 2.75) is 13.3 Å². The molecule has 3 rings (SSSR count). The molecule has 0 saturated heterocycles. The second-order valence-electron chi connectivity index (χ2n) is 7.17. The lowest BCUT2D eigenvalue weighted by atomic mass is 10.0. The van der Waals surface area contributed by atoms with Crippen LogP contribution in [0.3, 0.4) is 0 Å². The van der Waals surface area contributed by atoms with Crippen LogP contribution in [0.2, 0.25) is 5.02 Å². The molecule has 1 N–H and O–H groups in total. The fourth-order valence-corrected chi connectivity index (χ4v) is 3.52. The highest BCUT2D eigenvalue weighted by atomic mass is 35.5. The Balaban J connectivity index is 1.71. The van der Waals surface area contributed by atoms with Crippen molar-refractivity contribution in [2.24, 2.45) is 0 Å². The minimum atomic E-state index is -3.99. The SMILES string of the molecule is C=C(C)c1cc(C#Cc2ccc(-c3ccc(Cl)cc3)cn2)ccc1OCCCS(=O)(=O)O. The number of hydrogen-bond donors (Lipinski definition) is 1. The number of hydrogen-bond acceptors (Lipinski definition) is 4. The third-order valence-electron chi connectivity index (χ3n) is 4.52. The van der Waals surface area contributed by atoms with Crippen molar-refractivity contribution >= 4 is 27.3 Å². The molecule has 1 aromatic heterocycles. The number of nitrogens with zero attached hydrogens (tertiary/aromatic N) is 1. The van der Waals surface area contributed by atoms with Gasteiger partial charge in [0.25, 0.3) is 10.1 Å². The van der Waals surface area contributed by atoms with Crippen molar-refractivity contribution in [3.63, 3.8) is 0 Å². The Bertz CT molecular complexity index is 1270. The zero-order valence-electron chi connectivity index (χ0n) is 17.5. The van der Waals surface area contributed by atoms with Gasteiger partial charge in [0.2, 0.25) is 0 Å². The fourth-order valence-electron chi connectivity index (χ4n) is 2.91. The Morgan fingerprint density at radius 1 is 1.09 bits per heavy atom. The highest BCUT2D eigenvalue weighted by molar-refractivity contribution is 7.85. The van der Waals surface area contributed by atoms with Crippen LogP contribution in [0.25, 0.3) is 16.7 Å². The quantitative estimate of drug-likeness (QED) is 0.282. The third-order valence-corrected chi connectivity index (χ3v) is 5.58. The number of rotatable bonds is 7. The van der Waals surface area contributed by atoms with Gasteiger partial charge in [-0.1, -0.05) is 42.3 Å². The molecule has 0 aliphatic carbocycles. The Morgan fingerprint density at radius 3 is 2.44 bits per heavy atom. The Morgan fingerprint density at radius 2 is 1.81 bits per heavy atom. The van der Waals surface area contributed by atoms with Gasteiger partial charge in [-0.3, -0.25) is 4.55 Å². The van der Waals surface area contributed by atoms with Gasteiger partial charge in [-0.05, 0) is 66.8 Å². The lowest BCUT2D eigenvalue weighted by molar-refractivity contribution is 0.315. The number of allylic oxidation sites excluding steroid dienone is 1. The van der Waals surface area contributed by atoms with E-state index < -0.39 is 10.1 Å². The maximum atomic E-state index is 10.8. The Labute approximate surface area is 193 Å². The smallest absolute Gasteiger partial charge is 0.264 e. The van der Waals surface area contributed by atoms with E-state index in [4.69, 9.17) is 20.9 Å². The lowest BCUT2D eigenvalue weighted by Crippen LogP contribution is -2.09. The van der Waals surface area contributed by atoms with Gasteiger partial charge in [-0.25, -0.2) is 4.98 Å². The zero-order valence-corrected chi connectivity index (χ0v) is 19.1. The molecule has 1 heterocycles. The summed E-state index contributed by atoms with van der Waals surface area (Å²) in [5.74, 6) is 6.40. The van der Waals surface area contributed by atoms with Gasteiger partial charge in [0, 0.05) is 27.9 Å². The van der Waals surface area contributed by atoms with E-state index in [1.165, 1.54) is 0 Å². The minimum Gasteiger partial charge on any atom is -0.493 e. The number of ether oxygens (including phenoxy) is 1. The second-order valence-corrected chi connectivity index (χ2v) is 9.18. The van der Waals surface area contributed by atoms with Gasteiger partial charge in [-0.15, -0.1) is 0 Å². The van der Waals surface area contributed by atoms with Crippen molar-refractivity contribution in [2.75, 3.05) is 12.4 Å². The number of pyridine rings is 1. The molecule has 0 aliphatic rings. The summed E-state index contributed by atoms with van der Waals surface area (Å²) in [6.07, 6.45) is 1.96. The molecule has 0 fully saturated rings. The van der Waals surface area contributed by atoms with E-state index in [1.54, 1.807) is 12.3 Å². The first-order valence-electron chi connectivity index (χ1n) is 9.83. The van der Waals surface area contributed by atoms with E-state index in [9.17, 15) is 8.42 Å². The van der Waals surface area contributed by atoms with Crippen molar-refractivity contribution in [1.29, 1.82) is 0 Å². The zero-order chi connectivity index (χ0) is 23.1. The van der Waals surface area contributed by atoms with Gasteiger partial charge < -0.3 is 4.74 Å². The molecule has 0 radical (unpaired) electrons. The predicted octanol–water partition coefficient (Wildman–Crippen LogP) is 5.49. The largest absolute Gasteiger partial charge is 0.493 e. The average Bonchev–Trinajstić information content (AvgIpc) is 2.76. The molecule has 164 valence electrons. The van der Waals surface area contributed by atoms with Crippen LogP contribution in [-0.2, 0) is 10.1 Å². The van der Waals surface area contributed by atoms with Crippen LogP contribution in [-0.4, -0.2) is 30.3 Å². The van der Waals surface area contributed by atoms with Crippen molar-refractivity contribution in [3.05, 3.63) is 89.2 Å². The van der Waals surface area contributed by atoms with Gasteiger partial charge in [-0.2, -0.15) is 8.42 Å². The van der Waals surface area contributed by atoms with E-state index in [2.05, 4.69) is 23.4 Å². The van der Waals surface area contributed by atoms with Crippen molar-refractivity contribution in [3.8, 4) is 28.7 Å². The Kier molecular flexibility index (Phi) is 7.70. The molecule has 0 spiro atoms. The van der Waals surface area contributed by atoms with E-state index >= 15 is 0 Å². The molecule has 0 unspecified atom stereocenters. The first-order chi connectivity index (χ1) is 15.2. The maximum absolute atomic E-state index is 10.8. The first kappa shape index (κ1) is 23.6. The number of aromatic nitrogens is 1. The summed E-state index contributed by atoms with van der Waals surface area (Å²) < 4.78 is 36.1. The van der Waals surface area contributed by atoms with Crippen molar-refractivity contribution in [1.82, 2.24) is 4.98 Å². The molecule has 0 saturated carbocycles. The highest BCUT2D eigenvalue weighted by Crippen LogP contribution is 2.26. The summed E-state index contributed by atoms with van der Waals surface area (Å²) in [6.45, 7) is 5.99. The van der Waals surface area contributed by atoms with Crippen LogP contribution in [0, 0.1) is 11.8 Å². The van der Waals surface area contributed by atoms with Crippen LogP contribution in [0.5, 0.6) is 5.75 Å². The van der Waals surface area contributed by atoms with Crippen LogP contribution < -0.4 is 4.74 Å². The van der Waals surface area contributed by atoms with Crippen molar-refractivity contribution < 1.29 is 17.7 Å². The number of benzene rings is 2. The topological polar surface area (TPSA) is 76.5 Å². The van der Waals surface area contributed by atoms with Gasteiger partial charge in [0.15, 0.2) is 0 Å². The molecule has 5 nitrogen and oxygen atoms in total. The molecule has 0 amide bonds. The molecule has 0 atom stereocenters. The van der Waals surface area contributed by atoms with Gasteiger partial charge in [0.05, 0.1) is 12.4 Å². The van der Waals surface area contributed by atoms with Crippen LogP contribution in [0.15, 0.2) is 67.4 Å². The summed E-state index contributed by atoms with van der Waals surface area (Å²) in [7, 11) is -3.99. The van der Waals surface area contributed by atoms with Crippen LogP contribution in [0.1, 0.15) is 30.2 Å². The molecule has 0 aliphatic heterocycles. The summed E-state index contributed by atoms with van der Waals surface area (Å²) in [4.78, 5) is 4.42. The number of halogens is 1. The molecule has 32 heavy (non-hydrogen) atoms. The van der Waals surface area contributed by atoms with E-state index in [0.29, 0.717) is 16.5 Å². The molecule has 2 aromatic carbocycles.